The predicted molar refractivity (Wildman–Crippen MR) is 104 cm³/mol. The molecule has 2 aromatic carbocycles. The molecule has 0 atom stereocenters. The summed E-state index contributed by atoms with van der Waals surface area (Å²) in [6.07, 6.45) is 0. The van der Waals surface area contributed by atoms with Crippen LogP contribution >= 0.6 is 0 Å². The predicted octanol–water partition coefficient (Wildman–Crippen LogP) is 4.80. The van der Waals surface area contributed by atoms with E-state index < -0.39 is 5.97 Å². The van der Waals surface area contributed by atoms with Crippen LogP contribution in [0.2, 0.25) is 0 Å². The van der Waals surface area contributed by atoms with E-state index in [2.05, 4.69) is 37.4 Å². The lowest BCUT2D eigenvalue weighted by atomic mass is 9.78. The zero-order valence-electron chi connectivity index (χ0n) is 16.3. The van der Waals surface area contributed by atoms with Gasteiger partial charge in [0.05, 0.1) is 6.61 Å². The molecule has 0 fully saturated rings. The molecule has 5 nitrogen and oxygen atoms in total. The SMILES string of the molecule is C=C(C)C(=O)OOCOc1ccc(C(C)(C)c2ccc(OCC)cc2)cc1. The number of hydrogen-bond donors (Lipinski definition) is 0. The van der Waals surface area contributed by atoms with Crippen molar-refractivity contribution in [1.82, 2.24) is 0 Å². The molecule has 0 aliphatic heterocycles. The molecule has 0 aliphatic carbocycles. The van der Waals surface area contributed by atoms with E-state index in [9.17, 15) is 4.79 Å². The van der Waals surface area contributed by atoms with Crippen LogP contribution < -0.4 is 9.47 Å². The van der Waals surface area contributed by atoms with Crippen molar-refractivity contribution in [3.05, 3.63) is 71.8 Å². The van der Waals surface area contributed by atoms with Crippen molar-refractivity contribution < 1.29 is 24.0 Å². The van der Waals surface area contributed by atoms with Gasteiger partial charge in [-0.1, -0.05) is 44.7 Å². The zero-order chi connectivity index (χ0) is 19.9. The van der Waals surface area contributed by atoms with E-state index in [1.54, 1.807) is 0 Å². The molecule has 5 heteroatoms. The summed E-state index contributed by atoms with van der Waals surface area (Å²) in [5.74, 6) is 0.867. The second-order valence-corrected chi connectivity index (χ2v) is 6.64. The minimum Gasteiger partial charge on any atom is -0.494 e. The molecule has 0 aliphatic rings. The third-order valence-electron chi connectivity index (χ3n) is 4.22. The Labute approximate surface area is 160 Å². The van der Waals surface area contributed by atoms with Crippen LogP contribution in [0.25, 0.3) is 0 Å². The second kappa shape index (κ2) is 9.24. The van der Waals surface area contributed by atoms with Gasteiger partial charge in [0.2, 0.25) is 6.79 Å². The average Bonchev–Trinajstić information content (AvgIpc) is 2.66. The summed E-state index contributed by atoms with van der Waals surface area (Å²) >= 11 is 0. The van der Waals surface area contributed by atoms with Gasteiger partial charge in [-0.05, 0) is 49.2 Å². The van der Waals surface area contributed by atoms with E-state index in [-0.39, 0.29) is 17.8 Å². The maximum atomic E-state index is 11.2. The summed E-state index contributed by atoms with van der Waals surface area (Å²) in [4.78, 5) is 20.4. The molecular formula is C22H26O5. The quantitative estimate of drug-likeness (QED) is 0.209. The van der Waals surface area contributed by atoms with Crippen LogP contribution in [0.1, 0.15) is 38.8 Å². The van der Waals surface area contributed by atoms with Gasteiger partial charge in [-0.25, -0.2) is 4.79 Å². The summed E-state index contributed by atoms with van der Waals surface area (Å²) in [6, 6.07) is 15.9. The van der Waals surface area contributed by atoms with Crippen LogP contribution in [0.3, 0.4) is 0 Å². The van der Waals surface area contributed by atoms with E-state index in [1.807, 2.05) is 43.3 Å². The van der Waals surface area contributed by atoms with Crippen molar-refractivity contribution in [3.8, 4) is 11.5 Å². The van der Waals surface area contributed by atoms with Gasteiger partial charge < -0.3 is 9.47 Å². The monoisotopic (exact) mass is 370 g/mol. The lowest BCUT2D eigenvalue weighted by Crippen LogP contribution is -2.18. The van der Waals surface area contributed by atoms with E-state index in [4.69, 9.17) is 14.4 Å². The first kappa shape index (κ1) is 20.5. The molecule has 0 heterocycles. The Bertz CT molecular complexity index is 760. The van der Waals surface area contributed by atoms with E-state index in [1.165, 1.54) is 12.5 Å². The van der Waals surface area contributed by atoms with Crippen LogP contribution in [0.4, 0.5) is 0 Å². The molecular weight excluding hydrogens is 344 g/mol. The molecule has 2 rings (SSSR count). The van der Waals surface area contributed by atoms with Crippen LogP contribution in [-0.2, 0) is 20.0 Å². The fraction of sp³-hybridized carbons (Fsp3) is 0.318. The van der Waals surface area contributed by atoms with Crippen molar-refractivity contribution in [1.29, 1.82) is 0 Å². The first-order valence-corrected chi connectivity index (χ1v) is 8.80. The third kappa shape index (κ3) is 5.59. The van der Waals surface area contributed by atoms with E-state index in [0.717, 1.165) is 11.3 Å². The highest BCUT2D eigenvalue weighted by atomic mass is 17.2. The first-order valence-electron chi connectivity index (χ1n) is 8.80. The number of carbonyl (C=O) groups excluding carboxylic acids is 1. The average molecular weight is 370 g/mol. The Hall–Kier alpha value is -2.79. The largest absolute Gasteiger partial charge is 0.494 e. The van der Waals surface area contributed by atoms with Gasteiger partial charge in [-0.15, -0.1) is 4.89 Å². The van der Waals surface area contributed by atoms with Crippen molar-refractivity contribution >= 4 is 5.97 Å². The Kier molecular flexibility index (Phi) is 7.02. The summed E-state index contributed by atoms with van der Waals surface area (Å²) in [7, 11) is 0. The molecule has 144 valence electrons. The minimum absolute atomic E-state index is 0.170. The van der Waals surface area contributed by atoms with Gasteiger partial charge in [0.15, 0.2) is 0 Å². The van der Waals surface area contributed by atoms with Gasteiger partial charge in [0.1, 0.15) is 11.5 Å². The highest BCUT2D eigenvalue weighted by molar-refractivity contribution is 5.86. The van der Waals surface area contributed by atoms with Crippen LogP contribution in [0.15, 0.2) is 60.7 Å². The smallest absolute Gasteiger partial charge is 0.368 e. The summed E-state index contributed by atoms with van der Waals surface area (Å²) in [5, 5.41) is 0. The number of ether oxygens (including phenoxy) is 2. The third-order valence-corrected chi connectivity index (χ3v) is 4.22. The van der Waals surface area contributed by atoms with Gasteiger partial charge in [0.25, 0.3) is 0 Å². The van der Waals surface area contributed by atoms with Crippen LogP contribution in [-0.4, -0.2) is 19.4 Å². The summed E-state index contributed by atoms with van der Waals surface area (Å²) < 4.78 is 10.9. The van der Waals surface area contributed by atoms with Crippen molar-refractivity contribution in [2.45, 2.75) is 33.1 Å². The zero-order valence-corrected chi connectivity index (χ0v) is 16.3. The van der Waals surface area contributed by atoms with Gasteiger partial charge in [-0.3, -0.25) is 4.89 Å². The molecule has 0 radical (unpaired) electrons. The molecule has 0 saturated heterocycles. The van der Waals surface area contributed by atoms with Crippen LogP contribution in [0.5, 0.6) is 11.5 Å². The highest BCUT2D eigenvalue weighted by Crippen LogP contribution is 2.33. The molecule has 27 heavy (non-hydrogen) atoms. The minimum atomic E-state index is -0.619. The number of benzene rings is 2. The Balaban J connectivity index is 1.96. The molecule has 0 saturated carbocycles. The maximum Gasteiger partial charge on any atom is 0.368 e. The Morgan fingerprint density at radius 1 is 0.926 bits per heavy atom. The fourth-order valence-corrected chi connectivity index (χ4v) is 2.51. The van der Waals surface area contributed by atoms with Crippen LogP contribution in [0, 0.1) is 0 Å². The fourth-order valence-electron chi connectivity index (χ4n) is 2.51. The normalized spacial score (nSPS) is 11.0. The first-order chi connectivity index (χ1) is 12.8. The lowest BCUT2D eigenvalue weighted by Gasteiger charge is -2.26. The number of carbonyl (C=O) groups is 1. The topological polar surface area (TPSA) is 54.0 Å². The molecule has 0 amide bonds. The molecule has 2 aromatic rings. The molecule has 0 unspecified atom stereocenters. The van der Waals surface area contributed by atoms with Gasteiger partial charge in [0, 0.05) is 11.0 Å². The van der Waals surface area contributed by atoms with E-state index in [0.29, 0.717) is 12.4 Å². The molecule has 0 spiro atoms. The standard InChI is InChI=1S/C22H26O5/c1-6-24-19-11-7-17(8-12-19)22(4,5)18-9-13-20(14-10-18)25-15-26-27-21(23)16(2)3/h7-14H,2,6,15H2,1,3-5H3. The second-order valence-electron chi connectivity index (χ2n) is 6.64. The maximum absolute atomic E-state index is 11.2. The summed E-state index contributed by atoms with van der Waals surface area (Å²) in [6.45, 7) is 11.8. The van der Waals surface area contributed by atoms with Crippen molar-refractivity contribution in [2.24, 2.45) is 0 Å². The lowest BCUT2D eigenvalue weighted by molar-refractivity contribution is -0.294. The molecule has 0 aromatic heterocycles. The Morgan fingerprint density at radius 3 is 1.85 bits per heavy atom. The number of hydrogen-bond acceptors (Lipinski definition) is 5. The van der Waals surface area contributed by atoms with E-state index >= 15 is 0 Å². The number of rotatable bonds is 9. The molecule has 0 bridgehead atoms. The highest BCUT2D eigenvalue weighted by Gasteiger charge is 2.23. The van der Waals surface area contributed by atoms with Crippen molar-refractivity contribution in [3.63, 3.8) is 0 Å². The Morgan fingerprint density at radius 2 is 1.41 bits per heavy atom. The van der Waals surface area contributed by atoms with Gasteiger partial charge >= 0.3 is 5.97 Å². The summed E-state index contributed by atoms with van der Waals surface area (Å²) in [5.41, 5.74) is 2.43. The van der Waals surface area contributed by atoms with Crippen molar-refractivity contribution in [2.75, 3.05) is 13.4 Å². The molecule has 0 N–H and O–H groups in total. The van der Waals surface area contributed by atoms with Gasteiger partial charge in [-0.2, -0.15) is 0 Å².